The third-order valence-corrected chi connectivity index (χ3v) is 2.46. The van der Waals surface area contributed by atoms with Crippen molar-refractivity contribution in [1.82, 2.24) is 0 Å². The minimum absolute atomic E-state index is 0. The molecule has 0 amide bonds. The first kappa shape index (κ1) is 17.1. The first-order valence-electron chi connectivity index (χ1n) is 5.15. The molecule has 0 nitrogen and oxygen atoms in total. The minimum atomic E-state index is 0. The van der Waals surface area contributed by atoms with E-state index in [9.17, 15) is 0 Å². The molecule has 0 aliphatic rings. The second kappa shape index (κ2) is 8.26. The maximum atomic E-state index is 6.03. The summed E-state index contributed by atoms with van der Waals surface area (Å²) in [4.78, 5) is 0. The van der Waals surface area contributed by atoms with E-state index in [1.807, 2.05) is 60.7 Å². The molecule has 0 aromatic heterocycles. The molecule has 0 aliphatic heterocycles. The molecule has 0 saturated heterocycles. The van der Waals surface area contributed by atoms with E-state index in [1.165, 1.54) is 0 Å². The van der Waals surface area contributed by atoms with Crippen LogP contribution in [0.15, 0.2) is 60.7 Å². The Bertz CT molecular complexity index is 452. The van der Waals surface area contributed by atoms with Crippen molar-refractivity contribution in [2.24, 2.45) is 0 Å². The van der Waals surface area contributed by atoms with Gasteiger partial charge in [0.05, 0.1) is 0 Å². The molecular formula is C16H12Li2. The van der Waals surface area contributed by atoms with E-state index in [0.717, 1.165) is 11.1 Å². The van der Waals surface area contributed by atoms with Crippen molar-refractivity contribution in [3.05, 3.63) is 84.9 Å². The SMILES string of the molecule is [CH-]=C(C(=[CH-])c1ccccc1)c1ccccc1.[Li+].[Li+]. The Balaban J connectivity index is 0.00000144. The molecule has 78 valence electrons. The monoisotopic (exact) mass is 218 g/mol. The predicted molar refractivity (Wildman–Crippen MR) is 68.3 cm³/mol. The van der Waals surface area contributed by atoms with Gasteiger partial charge in [0.15, 0.2) is 0 Å². The molecule has 0 spiro atoms. The van der Waals surface area contributed by atoms with E-state index in [0.29, 0.717) is 11.1 Å². The molecule has 0 atom stereocenters. The van der Waals surface area contributed by atoms with Crippen LogP contribution in [0.4, 0.5) is 0 Å². The van der Waals surface area contributed by atoms with Crippen molar-refractivity contribution in [2.45, 2.75) is 0 Å². The van der Waals surface area contributed by atoms with Crippen LogP contribution in [0.2, 0.25) is 0 Å². The summed E-state index contributed by atoms with van der Waals surface area (Å²) in [5.41, 5.74) is 3.13. The topological polar surface area (TPSA) is 0 Å². The van der Waals surface area contributed by atoms with Gasteiger partial charge in [-0.1, -0.05) is 36.4 Å². The predicted octanol–water partition coefficient (Wildman–Crippen LogP) is -1.97. The molecule has 18 heavy (non-hydrogen) atoms. The smallest absolute Gasteiger partial charge is 0.298 e. The number of rotatable bonds is 3. The van der Waals surface area contributed by atoms with E-state index >= 15 is 0 Å². The normalized spacial score (nSPS) is 8.67. The van der Waals surface area contributed by atoms with Crippen LogP contribution < -0.4 is 37.7 Å². The Morgan fingerprint density at radius 2 is 0.833 bits per heavy atom. The van der Waals surface area contributed by atoms with Crippen molar-refractivity contribution < 1.29 is 37.7 Å². The fraction of sp³-hybridized carbons (Fsp3) is 0. The van der Waals surface area contributed by atoms with Crippen molar-refractivity contribution in [2.75, 3.05) is 0 Å². The van der Waals surface area contributed by atoms with Crippen LogP contribution in [0.5, 0.6) is 0 Å². The number of benzene rings is 2. The van der Waals surface area contributed by atoms with E-state index in [-0.39, 0.29) is 37.7 Å². The van der Waals surface area contributed by atoms with Gasteiger partial charge in [-0.05, 0) is 0 Å². The van der Waals surface area contributed by atoms with E-state index < -0.39 is 0 Å². The summed E-state index contributed by atoms with van der Waals surface area (Å²) in [6.45, 7) is 12.1. The van der Waals surface area contributed by atoms with Crippen LogP contribution >= 0.6 is 0 Å². The number of hydrogen-bond donors (Lipinski definition) is 0. The van der Waals surface area contributed by atoms with Gasteiger partial charge in [0.2, 0.25) is 0 Å². The van der Waals surface area contributed by atoms with Crippen molar-refractivity contribution in [1.29, 1.82) is 0 Å². The van der Waals surface area contributed by atoms with Gasteiger partial charge in [-0.25, -0.2) is 0 Å². The van der Waals surface area contributed by atoms with E-state index in [4.69, 9.17) is 13.2 Å². The minimum Gasteiger partial charge on any atom is -0.298 e. The van der Waals surface area contributed by atoms with Gasteiger partial charge in [-0.3, -0.25) is 24.3 Å². The zero-order chi connectivity index (χ0) is 11.4. The molecule has 0 aliphatic carbocycles. The van der Waals surface area contributed by atoms with Crippen LogP contribution in [-0.2, 0) is 0 Å². The molecule has 0 radical (unpaired) electrons. The fourth-order valence-corrected chi connectivity index (χ4v) is 1.55. The van der Waals surface area contributed by atoms with Gasteiger partial charge in [0.25, 0.3) is 0 Å². The van der Waals surface area contributed by atoms with Gasteiger partial charge in [-0.2, -0.15) is 11.1 Å². The molecular weight excluding hydrogens is 206 g/mol. The molecule has 0 saturated carbocycles. The zero-order valence-corrected chi connectivity index (χ0v) is 10.9. The first-order chi connectivity index (χ1) is 7.79. The fourth-order valence-electron chi connectivity index (χ4n) is 1.55. The number of allylic oxidation sites excluding steroid dienone is 2. The summed E-state index contributed by atoms with van der Waals surface area (Å²) < 4.78 is 0. The van der Waals surface area contributed by atoms with Crippen LogP contribution in [0, 0.1) is 13.2 Å². The van der Waals surface area contributed by atoms with Gasteiger partial charge in [-0.15, -0.1) is 24.3 Å². The van der Waals surface area contributed by atoms with Crippen LogP contribution in [-0.4, -0.2) is 0 Å². The molecule has 0 heterocycles. The second-order valence-electron chi connectivity index (χ2n) is 3.56. The molecule has 2 heteroatoms. The van der Waals surface area contributed by atoms with Crippen LogP contribution in [0.25, 0.3) is 11.1 Å². The van der Waals surface area contributed by atoms with E-state index in [1.54, 1.807) is 0 Å². The van der Waals surface area contributed by atoms with Gasteiger partial charge >= 0.3 is 37.7 Å². The molecule has 0 unspecified atom stereocenters. The van der Waals surface area contributed by atoms with Crippen molar-refractivity contribution in [3.63, 3.8) is 0 Å². The Morgan fingerprint density at radius 3 is 1.11 bits per heavy atom. The molecule has 0 N–H and O–H groups in total. The summed E-state index contributed by atoms with van der Waals surface area (Å²) in [7, 11) is 0. The zero-order valence-electron chi connectivity index (χ0n) is 10.9. The van der Waals surface area contributed by atoms with Gasteiger partial charge < -0.3 is 0 Å². The quantitative estimate of drug-likeness (QED) is 0.318. The standard InChI is InChI=1S/C16H12.2Li/c1-13(15-9-5-3-6-10-15)14(2)16-11-7-4-8-12-16;;/h1-12H;;/q-2;2*+1. The molecule has 0 bridgehead atoms. The molecule has 2 aromatic rings. The summed E-state index contributed by atoms with van der Waals surface area (Å²) in [6, 6.07) is 19.5. The molecule has 0 fully saturated rings. The summed E-state index contributed by atoms with van der Waals surface area (Å²) in [5, 5.41) is 0. The maximum Gasteiger partial charge on any atom is 1.00 e. The van der Waals surface area contributed by atoms with Crippen LogP contribution in [0.1, 0.15) is 11.1 Å². The summed E-state index contributed by atoms with van der Waals surface area (Å²) in [5.74, 6) is 0. The molecule has 2 aromatic carbocycles. The third kappa shape index (κ3) is 4.10. The third-order valence-electron chi connectivity index (χ3n) is 2.46. The Kier molecular flexibility index (Phi) is 7.85. The Morgan fingerprint density at radius 1 is 0.556 bits per heavy atom. The van der Waals surface area contributed by atoms with Gasteiger partial charge in [0, 0.05) is 0 Å². The first-order valence-corrected chi connectivity index (χ1v) is 5.15. The summed E-state index contributed by atoms with van der Waals surface area (Å²) >= 11 is 0. The van der Waals surface area contributed by atoms with Crippen LogP contribution in [0.3, 0.4) is 0 Å². The van der Waals surface area contributed by atoms with Gasteiger partial charge in [0.1, 0.15) is 0 Å². The Labute approximate surface area is 133 Å². The van der Waals surface area contributed by atoms with Crippen molar-refractivity contribution >= 4 is 11.1 Å². The molecule has 2 rings (SSSR count). The number of hydrogen-bond acceptors (Lipinski definition) is 0. The van der Waals surface area contributed by atoms with Crippen molar-refractivity contribution in [3.8, 4) is 0 Å². The van der Waals surface area contributed by atoms with E-state index in [2.05, 4.69) is 0 Å². The summed E-state index contributed by atoms with van der Waals surface area (Å²) in [6.07, 6.45) is 0. The average Bonchev–Trinajstić information content (AvgIpc) is 2.39. The largest absolute Gasteiger partial charge is 1.00 e. The Hall–Kier alpha value is -0.885. The second-order valence-corrected chi connectivity index (χ2v) is 3.56. The average molecular weight is 218 g/mol. The maximum absolute atomic E-state index is 6.03.